The third kappa shape index (κ3) is 3.32. The van der Waals surface area contributed by atoms with Crippen molar-refractivity contribution in [3.63, 3.8) is 0 Å². The molecule has 110 valence electrons. The van der Waals surface area contributed by atoms with Crippen LogP contribution in [0.5, 0.6) is 0 Å². The SMILES string of the molecule is O=C(Cc1nc2ccccc2s1)C(=O)Nc1cccc(Cl)c1. The predicted octanol–water partition coefficient (Wildman–Crippen LogP) is 3.70. The number of rotatable bonds is 4. The third-order valence-corrected chi connectivity index (χ3v) is 4.26. The molecule has 0 unspecified atom stereocenters. The van der Waals surface area contributed by atoms with Crippen molar-refractivity contribution in [2.24, 2.45) is 0 Å². The van der Waals surface area contributed by atoms with Crippen molar-refractivity contribution in [2.45, 2.75) is 6.42 Å². The standard InChI is InChI=1S/C16H11ClN2O2S/c17-10-4-3-5-11(8-10)18-16(21)13(20)9-15-19-12-6-1-2-7-14(12)22-15/h1-8H,9H2,(H,18,21). The molecule has 0 saturated carbocycles. The number of ketones is 1. The number of halogens is 1. The Labute approximate surface area is 135 Å². The van der Waals surface area contributed by atoms with Crippen molar-refractivity contribution in [1.82, 2.24) is 4.98 Å². The molecule has 0 bridgehead atoms. The third-order valence-electron chi connectivity index (χ3n) is 2.99. The van der Waals surface area contributed by atoms with Gasteiger partial charge in [-0.3, -0.25) is 9.59 Å². The molecule has 0 spiro atoms. The molecule has 2 aromatic carbocycles. The first kappa shape index (κ1) is 14.7. The smallest absolute Gasteiger partial charge is 0.292 e. The molecule has 1 heterocycles. The number of anilines is 1. The van der Waals surface area contributed by atoms with E-state index in [9.17, 15) is 9.59 Å². The Morgan fingerprint density at radius 1 is 1.14 bits per heavy atom. The van der Waals surface area contributed by atoms with Gasteiger partial charge in [0, 0.05) is 10.7 Å². The van der Waals surface area contributed by atoms with Crippen molar-refractivity contribution in [2.75, 3.05) is 5.32 Å². The van der Waals surface area contributed by atoms with Crippen LogP contribution in [0, 0.1) is 0 Å². The lowest BCUT2D eigenvalue weighted by atomic mass is 10.2. The number of thiazole rings is 1. The molecule has 0 aliphatic rings. The number of fused-ring (bicyclic) bond motifs is 1. The maximum Gasteiger partial charge on any atom is 0.292 e. The summed E-state index contributed by atoms with van der Waals surface area (Å²) < 4.78 is 1.00. The summed E-state index contributed by atoms with van der Waals surface area (Å²) in [5.74, 6) is -1.19. The van der Waals surface area contributed by atoms with Crippen LogP contribution in [0.25, 0.3) is 10.2 Å². The van der Waals surface area contributed by atoms with Crippen LogP contribution in [0.3, 0.4) is 0 Å². The van der Waals surface area contributed by atoms with E-state index in [0.717, 1.165) is 10.2 Å². The van der Waals surface area contributed by atoms with Crippen molar-refractivity contribution < 1.29 is 9.59 Å². The van der Waals surface area contributed by atoms with Gasteiger partial charge in [-0.05, 0) is 30.3 Å². The van der Waals surface area contributed by atoms with Gasteiger partial charge < -0.3 is 5.32 Å². The van der Waals surface area contributed by atoms with Gasteiger partial charge in [0.2, 0.25) is 5.78 Å². The number of aromatic nitrogens is 1. The Balaban J connectivity index is 1.69. The Morgan fingerprint density at radius 2 is 1.95 bits per heavy atom. The van der Waals surface area contributed by atoms with Gasteiger partial charge in [-0.25, -0.2) is 4.98 Å². The highest BCUT2D eigenvalue weighted by atomic mass is 35.5. The normalized spacial score (nSPS) is 10.6. The summed E-state index contributed by atoms with van der Waals surface area (Å²) in [4.78, 5) is 28.3. The molecule has 1 N–H and O–H groups in total. The van der Waals surface area contributed by atoms with Gasteiger partial charge in [0.1, 0.15) is 5.01 Å². The van der Waals surface area contributed by atoms with Crippen molar-refractivity contribution in [3.05, 3.63) is 58.6 Å². The van der Waals surface area contributed by atoms with Crippen LogP contribution in [0.4, 0.5) is 5.69 Å². The van der Waals surface area contributed by atoms with Crippen LogP contribution in [0.1, 0.15) is 5.01 Å². The summed E-state index contributed by atoms with van der Waals surface area (Å²) in [6.45, 7) is 0. The molecule has 0 aliphatic carbocycles. The summed E-state index contributed by atoms with van der Waals surface area (Å²) >= 11 is 7.26. The van der Waals surface area contributed by atoms with Crippen molar-refractivity contribution in [1.29, 1.82) is 0 Å². The van der Waals surface area contributed by atoms with Crippen LogP contribution in [-0.4, -0.2) is 16.7 Å². The quantitative estimate of drug-likeness (QED) is 0.742. The van der Waals surface area contributed by atoms with E-state index in [-0.39, 0.29) is 6.42 Å². The van der Waals surface area contributed by atoms with Gasteiger partial charge >= 0.3 is 0 Å². The molecular formula is C16H11ClN2O2S. The summed E-state index contributed by atoms with van der Waals surface area (Å²) in [5.41, 5.74) is 1.33. The topological polar surface area (TPSA) is 59.1 Å². The Kier molecular flexibility index (Phi) is 4.18. The van der Waals surface area contributed by atoms with Crippen LogP contribution >= 0.6 is 22.9 Å². The minimum absolute atomic E-state index is 0.00819. The minimum Gasteiger partial charge on any atom is -0.319 e. The fourth-order valence-corrected chi connectivity index (χ4v) is 3.14. The molecule has 6 heteroatoms. The molecule has 0 aliphatic heterocycles. The molecule has 1 amide bonds. The fraction of sp³-hybridized carbons (Fsp3) is 0.0625. The highest BCUT2D eigenvalue weighted by molar-refractivity contribution is 7.18. The minimum atomic E-state index is -0.665. The second-order valence-electron chi connectivity index (χ2n) is 4.64. The largest absolute Gasteiger partial charge is 0.319 e. The van der Waals surface area contributed by atoms with Gasteiger partial charge in [-0.1, -0.05) is 29.8 Å². The van der Waals surface area contributed by atoms with E-state index in [0.29, 0.717) is 15.7 Å². The second-order valence-corrected chi connectivity index (χ2v) is 6.19. The Morgan fingerprint density at radius 3 is 2.73 bits per heavy atom. The van der Waals surface area contributed by atoms with Crippen LogP contribution in [0.2, 0.25) is 5.02 Å². The van der Waals surface area contributed by atoms with E-state index < -0.39 is 11.7 Å². The zero-order valence-corrected chi connectivity index (χ0v) is 12.9. The van der Waals surface area contributed by atoms with E-state index in [1.54, 1.807) is 24.3 Å². The fourth-order valence-electron chi connectivity index (χ4n) is 1.98. The monoisotopic (exact) mass is 330 g/mol. The predicted molar refractivity (Wildman–Crippen MR) is 88.4 cm³/mol. The number of nitrogens with zero attached hydrogens (tertiary/aromatic N) is 1. The van der Waals surface area contributed by atoms with E-state index in [4.69, 9.17) is 11.6 Å². The summed E-state index contributed by atoms with van der Waals surface area (Å²) in [7, 11) is 0. The highest BCUT2D eigenvalue weighted by Gasteiger charge is 2.17. The number of hydrogen-bond donors (Lipinski definition) is 1. The van der Waals surface area contributed by atoms with E-state index in [1.165, 1.54) is 11.3 Å². The van der Waals surface area contributed by atoms with Gasteiger partial charge in [0.25, 0.3) is 5.91 Å². The maximum atomic E-state index is 12.0. The summed E-state index contributed by atoms with van der Waals surface area (Å²) in [5, 5.41) is 3.67. The Hall–Kier alpha value is -2.24. The molecule has 1 aromatic heterocycles. The number of amides is 1. The lowest BCUT2D eigenvalue weighted by Crippen LogP contribution is -2.24. The molecule has 0 atom stereocenters. The molecule has 3 rings (SSSR count). The van der Waals surface area contributed by atoms with E-state index in [1.807, 2.05) is 24.3 Å². The molecular weight excluding hydrogens is 320 g/mol. The number of para-hydroxylation sites is 1. The highest BCUT2D eigenvalue weighted by Crippen LogP contribution is 2.22. The van der Waals surface area contributed by atoms with Crippen LogP contribution < -0.4 is 5.32 Å². The zero-order chi connectivity index (χ0) is 15.5. The maximum absolute atomic E-state index is 12.0. The zero-order valence-electron chi connectivity index (χ0n) is 11.4. The number of carbonyl (C=O) groups is 2. The number of Topliss-reactive ketones (excluding diaryl/α,β-unsaturated/α-hetero) is 1. The lowest BCUT2D eigenvalue weighted by Gasteiger charge is -2.03. The molecule has 4 nitrogen and oxygen atoms in total. The van der Waals surface area contributed by atoms with Crippen molar-refractivity contribution >= 4 is 50.5 Å². The van der Waals surface area contributed by atoms with Crippen molar-refractivity contribution in [3.8, 4) is 0 Å². The first-order chi connectivity index (χ1) is 10.6. The number of benzene rings is 2. The second kappa shape index (κ2) is 6.25. The summed E-state index contributed by atoms with van der Waals surface area (Å²) in [6.07, 6.45) is -0.00819. The van der Waals surface area contributed by atoms with Gasteiger partial charge in [-0.2, -0.15) is 0 Å². The van der Waals surface area contributed by atoms with Crippen LogP contribution in [0.15, 0.2) is 48.5 Å². The first-order valence-electron chi connectivity index (χ1n) is 6.56. The number of carbonyl (C=O) groups excluding carboxylic acids is 2. The molecule has 22 heavy (non-hydrogen) atoms. The molecule has 0 radical (unpaired) electrons. The molecule has 0 saturated heterocycles. The Bertz CT molecular complexity index is 827. The average Bonchev–Trinajstić information content (AvgIpc) is 2.89. The number of nitrogens with one attached hydrogen (secondary N) is 1. The van der Waals surface area contributed by atoms with Gasteiger partial charge in [-0.15, -0.1) is 11.3 Å². The van der Waals surface area contributed by atoms with E-state index in [2.05, 4.69) is 10.3 Å². The number of hydrogen-bond acceptors (Lipinski definition) is 4. The average molecular weight is 331 g/mol. The molecule has 0 fully saturated rings. The first-order valence-corrected chi connectivity index (χ1v) is 7.75. The summed E-state index contributed by atoms with van der Waals surface area (Å²) in [6, 6.07) is 14.3. The van der Waals surface area contributed by atoms with Gasteiger partial charge in [0.05, 0.1) is 16.6 Å². The molecule has 3 aromatic rings. The van der Waals surface area contributed by atoms with Crippen LogP contribution in [-0.2, 0) is 16.0 Å². The lowest BCUT2D eigenvalue weighted by molar-refractivity contribution is -0.134. The van der Waals surface area contributed by atoms with Gasteiger partial charge in [0.15, 0.2) is 0 Å². The van der Waals surface area contributed by atoms with E-state index >= 15 is 0 Å².